The van der Waals surface area contributed by atoms with Crippen LogP contribution in [0.25, 0.3) is 0 Å². The lowest BCUT2D eigenvalue weighted by molar-refractivity contribution is 0.0760. The van der Waals surface area contributed by atoms with E-state index < -0.39 is 0 Å². The number of rotatable bonds is 5. The lowest BCUT2D eigenvalue weighted by atomic mass is 10.1. The molecular formula is C22H24N2O3. The summed E-state index contributed by atoms with van der Waals surface area (Å²) in [5.41, 5.74) is 1.71. The number of carbonyl (C=O) groups excluding carboxylic acids is 1. The summed E-state index contributed by atoms with van der Waals surface area (Å²) >= 11 is 0. The predicted molar refractivity (Wildman–Crippen MR) is 103 cm³/mol. The van der Waals surface area contributed by atoms with Crippen LogP contribution in [0, 0.1) is 11.3 Å². The highest BCUT2D eigenvalue weighted by atomic mass is 16.5. The molecule has 27 heavy (non-hydrogen) atoms. The molecule has 1 saturated heterocycles. The minimum Gasteiger partial charge on any atom is -0.493 e. The van der Waals surface area contributed by atoms with Crippen molar-refractivity contribution >= 4 is 5.91 Å². The van der Waals surface area contributed by atoms with Crippen molar-refractivity contribution in [2.24, 2.45) is 0 Å². The molecule has 5 nitrogen and oxygen atoms in total. The second-order valence-corrected chi connectivity index (χ2v) is 6.64. The molecular weight excluding hydrogens is 340 g/mol. The van der Waals surface area contributed by atoms with Gasteiger partial charge >= 0.3 is 0 Å². The van der Waals surface area contributed by atoms with Crippen LogP contribution in [0.1, 0.15) is 47.2 Å². The van der Waals surface area contributed by atoms with Gasteiger partial charge in [-0.15, -0.1) is 0 Å². The Morgan fingerprint density at radius 1 is 1.07 bits per heavy atom. The Bertz CT molecular complexity index is 819. The molecule has 1 fully saturated rings. The SMILES string of the molecule is COc1cc(C#N)c(C(=O)N2CCCCCC2)cc1OCc1ccccc1. The number of hydrogen-bond donors (Lipinski definition) is 0. The van der Waals surface area contributed by atoms with Gasteiger partial charge in [0.05, 0.1) is 18.2 Å². The third-order valence-corrected chi connectivity index (χ3v) is 4.79. The van der Waals surface area contributed by atoms with Crippen molar-refractivity contribution in [2.45, 2.75) is 32.3 Å². The number of nitrogens with zero attached hydrogens (tertiary/aromatic N) is 2. The summed E-state index contributed by atoms with van der Waals surface area (Å²) in [6.07, 6.45) is 4.29. The number of likely N-dealkylation sites (tertiary alicyclic amines) is 1. The van der Waals surface area contributed by atoms with Crippen LogP contribution in [0.5, 0.6) is 11.5 Å². The summed E-state index contributed by atoms with van der Waals surface area (Å²) in [5, 5.41) is 9.52. The molecule has 2 aromatic rings. The van der Waals surface area contributed by atoms with Gasteiger partial charge in [-0.1, -0.05) is 43.2 Å². The summed E-state index contributed by atoms with van der Waals surface area (Å²) in [5.74, 6) is 0.814. The number of amides is 1. The smallest absolute Gasteiger partial charge is 0.255 e. The van der Waals surface area contributed by atoms with Crippen LogP contribution in [-0.2, 0) is 6.61 Å². The van der Waals surface area contributed by atoms with Gasteiger partial charge in [0, 0.05) is 19.2 Å². The molecule has 3 rings (SSSR count). The van der Waals surface area contributed by atoms with Crippen molar-refractivity contribution in [1.29, 1.82) is 5.26 Å². The van der Waals surface area contributed by atoms with Gasteiger partial charge in [0.15, 0.2) is 11.5 Å². The molecule has 0 N–H and O–H groups in total. The third-order valence-electron chi connectivity index (χ3n) is 4.79. The van der Waals surface area contributed by atoms with Crippen molar-refractivity contribution in [1.82, 2.24) is 4.90 Å². The fourth-order valence-electron chi connectivity index (χ4n) is 3.28. The molecule has 0 aromatic heterocycles. The van der Waals surface area contributed by atoms with E-state index in [1.54, 1.807) is 12.1 Å². The quantitative estimate of drug-likeness (QED) is 0.799. The standard InChI is InChI=1S/C22H24N2O3/c1-26-20-13-18(15-23)19(22(25)24-11-7-2-3-8-12-24)14-21(20)27-16-17-9-5-4-6-10-17/h4-6,9-10,13-14H,2-3,7-8,11-12,16H2,1H3. The summed E-state index contributed by atoms with van der Waals surface area (Å²) in [6, 6.07) is 15.1. The van der Waals surface area contributed by atoms with E-state index >= 15 is 0 Å². The molecule has 140 valence electrons. The normalized spacial score (nSPS) is 14.1. The van der Waals surface area contributed by atoms with Gasteiger partial charge < -0.3 is 14.4 Å². The Balaban J connectivity index is 1.88. The number of benzene rings is 2. The monoisotopic (exact) mass is 364 g/mol. The van der Waals surface area contributed by atoms with Crippen molar-refractivity contribution in [2.75, 3.05) is 20.2 Å². The molecule has 0 saturated carbocycles. The number of ether oxygens (including phenoxy) is 2. The lowest BCUT2D eigenvalue weighted by Gasteiger charge is -2.22. The van der Waals surface area contributed by atoms with E-state index in [9.17, 15) is 10.1 Å². The van der Waals surface area contributed by atoms with Crippen LogP contribution < -0.4 is 9.47 Å². The minimum atomic E-state index is -0.110. The number of nitriles is 1. The second kappa shape index (κ2) is 9.09. The summed E-state index contributed by atoms with van der Waals surface area (Å²) < 4.78 is 11.3. The number of carbonyl (C=O) groups is 1. The maximum atomic E-state index is 13.0. The third kappa shape index (κ3) is 4.59. The average Bonchev–Trinajstić information content (AvgIpc) is 3.01. The van der Waals surface area contributed by atoms with Crippen LogP contribution in [0.2, 0.25) is 0 Å². The first-order valence-electron chi connectivity index (χ1n) is 9.31. The molecule has 0 radical (unpaired) electrons. The predicted octanol–water partition coefficient (Wildman–Crippen LogP) is 4.16. The Labute approximate surface area is 160 Å². The Morgan fingerprint density at radius 3 is 2.41 bits per heavy atom. The first-order valence-corrected chi connectivity index (χ1v) is 9.31. The molecule has 0 bridgehead atoms. The summed E-state index contributed by atoms with van der Waals surface area (Å²) in [7, 11) is 1.53. The largest absolute Gasteiger partial charge is 0.493 e. The molecule has 1 aliphatic rings. The van der Waals surface area contributed by atoms with E-state index in [1.807, 2.05) is 35.2 Å². The molecule has 0 spiro atoms. The zero-order valence-electron chi connectivity index (χ0n) is 15.6. The summed E-state index contributed by atoms with van der Waals surface area (Å²) in [6.45, 7) is 1.83. The highest BCUT2D eigenvalue weighted by Crippen LogP contribution is 2.32. The molecule has 1 aliphatic heterocycles. The fraction of sp³-hybridized carbons (Fsp3) is 0.364. The molecule has 0 unspecified atom stereocenters. The van der Waals surface area contributed by atoms with Crippen LogP contribution in [-0.4, -0.2) is 31.0 Å². The van der Waals surface area contributed by atoms with Gasteiger partial charge in [-0.25, -0.2) is 0 Å². The summed E-state index contributed by atoms with van der Waals surface area (Å²) in [4.78, 5) is 14.9. The van der Waals surface area contributed by atoms with Crippen molar-refractivity contribution in [3.63, 3.8) is 0 Å². The molecule has 1 amide bonds. The van der Waals surface area contributed by atoms with E-state index in [1.165, 1.54) is 7.11 Å². The van der Waals surface area contributed by atoms with Crippen LogP contribution in [0.4, 0.5) is 0 Å². The lowest BCUT2D eigenvalue weighted by Crippen LogP contribution is -2.32. The van der Waals surface area contributed by atoms with Crippen LogP contribution in [0.3, 0.4) is 0 Å². The van der Waals surface area contributed by atoms with Gasteiger partial charge in [0.1, 0.15) is 12.7 Å². The molecule has 2 aromatic carbocycles. The highest BCUT2D eigenvalue weighted by Gasteiger charge is 2.23. The van der Waals surface area contributed by atoms with Gasteiger partial charge in [-0.2, -0.15) is 5.26 Å². The highest BCUT2D eigenvalue weighted by molar-refractivity contribution is 5.97. The van der Waals surface area contributed by atoms with E-state index in [4.69, 9.17) is 9.47 Å². The fourth-order valence-corrected chi connectivity index (χ4v) is 3.28. The van der Waals surface area contributed by atoms with Crippen molar-refractivity contribution in [3.8, 4) is 17.6 Å². The van der Waals surface area contributed by atoms with E-state index in [2.05, 4.69) is 6.07 Å². The molecule has 1 heterocycles. The topological polar surface area (TPSA) is 62.6 Å². The molecule has 0 aliphatic carbocycles. The van der Waals surface area contributed by atoms with Gasteiger partial charge in [-0.05, 0) is 24.5 Å². The number of methoxy groups -OCH3 is 1. The van der Waals surface area contributed by atoms with Crippen LogP contribution in [0.15, 0.2) is 42.5 Å². The van der Waals surface area contributed by atoms with E-state index in [0.717, 1.165) is 44.3 Å². The van der Waals surface area contributed by atoms with Crippen LogP contribution >= 0.6 is 0 Å². The Kier molecular flexibility index (Phi) is 6.32. The first kappa shape index (κ1) is 18.8. The van der Waals surface area contributed by atoms with E-state index in [0.29, 0.717) is 29.2 Å². The minimum absolute atomic E-state index is 0.110. The van der Waals surface area contributed by atoms with Gasteiger partial charge in [0.2, 0.25) is 0 Å². The average molecular weight is 364 g/mol. The molecule has 0 atom stereocenters. The Hall–Kier alpha value is -3.00. The zero-order valence-corrected chi connectivity index (χ0v) is 15.6. The maximum Gasteiger partial charge on any atom is 0.255 e. The van der Waals surface area contributed by atoms with Gasteiger partial charge in [0.25, 0.3) is 5.91 Å². The van der Waals surface area contributed by atoms with Crippen molar-refractivity contribution < 1.29 is 14.3 Å². The number of hydrogen-bond acceptors (Lipinski definition) is 4. The van der Waals surface area contributed by atoms with Crippen molar-refractivity contribution in [3.05, 3.63) is 59.2 Å². The maximum absolute atomic E-state index is 13.0. The Morgan fingerprint density at radius 2 is 1.78 bits per heavy atom. The second-order valence-electron chi connectivity index (χ2n) is 6.64. The zero-order chi connectivity index (χ0) is 19.1. The molecule has 5 heteroatoms. The van der Waals surface area contributed by atoms with E-state index in [-0.39, 0.29) is 5.91 Å². The first-order chi connectivity index (χ1) is 13.2. The van der Waals surface area contributed by atoms with Gasteiger partial charge in [-0.3, -0.25) is 4.79 Å².